The number of aromatic nitrogens is 2. The van der Waals surface area contributed by atoms with Crippen molar-refractivity contribution in [3.8, 4) is 0 Å². The van der Waals surface area contributed by atoms with Crippen LogP contribution in [0.2, 0.25) is 0 Å². The van der Waals surface area contributed by atoms with Gasteiger partial charge in [-0.1, -0.05) is 13.3 Å². The molecule has 0 bridgehead atoms. The third kappa shape index (κ3) is 1.58. The normalized spacial score (nSPS) is 22.6. The molecule has 0 unspecified atom stereocenters. The topological polar surface area (TPSA) is 29.9 Å². The minimum atomic E-state index is 0.597. The molecule has 16 heavy (non-hydrogen) atoms. The number of hydrogen-bond acceptors (Lipinski definition) is 2. The summed E-state index contributed by atoms with van der Waals surface area (Å²) in [6.07, 6.45) is 8.77. The molecule has 1 aliphatic heterocycles. The zero-order chi connectivity index (χ0) is 11.0. The molecule has 88 valence electrons. The minimum absolute atomic E-state index is 0.597. The van der Waals surface area contributed by atoms with Gasteiger partial charge in [0, 0.05) is 31.7 Å². The van der Waals surface area contributed by atoms with E-state index in [2.05, 4.69) is 28.1 Å². The Morgan fingerprint density at radius 3 is 3.06 bits per heavy atom. The lowest BCUT2D eigenvalue weighted by Crippen LogP contribution is -2.34. The van der Waals surface area contributed by atoms with Crippen molar-refractivity contribution in [3.05, 3.63) is 17.7 Å². The van der Waals surface area contributed by atoms with Crippen molar-refractivity contribution in [2.75, 3.05) is 6.54 Å². The van der Waals surface area contributed by atoms with Crippen LogP contribution in [-0.4, -0.2) is 16.1 Å². The fraction of sp³-hybridized carbons (Fsp3) is 0.769. The van der Waals surface area contributed by atoms with Crippen LogP contribution < -0.4 is 5.32 Å². The predicted molar refractivity (Wildman–Crippen MR) is 64.2 cm³/mol. The van der Waals surface area contributed by atoms with Crippen molar-refractivity contribution in [1.29, 1.82) is 0 Å². The third-order valence-electron chi connectivity index (χ3n) is 4.53. The lowest BCUT2D eigenvalue weighted by Gasteiger charge is -2.42. The van der Waals surface area contributed by atoms with Crippen LogP contribution in [0.3, 0.4) is 0 Å². The molecule has 2 aliphatic rings. The Balaban J connectivity index is 1.81. The SMILES string of the molecule is CCC1(Cn2cnc3c2CCNC3)CCC1. The molecule has 1 aromatic rings. The summed E-state index contributed by atoms with van der Waals surface area (Å²) < 4.78 is 2.43. The van der Waals surface area contributed by atoms with E-state index >= 15 is 0 Å². The van der Waals surface area contributed by atoms with Gasteiger partial charge in [-0.25, -0.2) is 4.98 Å². The molecular weight excluding hydrogens is 198 g/mol. The van der Waals surface area contributed by atoms with E-state index in [0.29, 0.717) is 5.41 Å². The van der Waals surface area contributed by atoms with Crippen LogP contribution in [0, 0.1) is 5.41 Å². The quantitative estimate of drug-likeness (QED) is 0.844. The molecule has 0 radical (unpaired) electrons. The molecule has 1 fully saturated rings. The molecule has 3 nitrogen and oxygen atoms in total. The summed E-state index contributed by atoms with van der Waals surface area (Å²) in [5, 5.41) is 3.38. The lowest BCUT2D eigenvalue weighted by atomic mass is 9.67. The van der Waals surface area contributed by atoms with E-state index in [0.717, 1.165) is 19.5 Å². The van der Waals surface area contributed by atoms with Crippen molar-refractivity contribution in [3.63, 3.8) is 0 Å². The van der Waals surface area contributed by atoms with Crippen LogP contribution in [0.4, 0.5) is 0 Å². The summed E-state index contributed by atoms with van der Waals surface area (Å²) >= 11 is 0. The largest absolute Gasteiger partial charge is 0.334 e. The Bertz CT molecular complexity index is 371. The van der Waals surface area contributed by atoms with Crippen LogP contribution in [0.25, 0.3) is 0 Å². The van der Waals surface area contributed by atoms with Crippen molar-refractivity contribution >= 4 is 0 Å². The Kier molecular flexibility index (Phi) is 2.51. The van der Waals surface area contributed by atoms with Gasteiger partial charge in [0.2, 0.25) is 0 Å². The number of hydrogen-bond donors (Lipinski definition) is 1. The molecule has 0 aromatic carbocycles. The predicted octanol–water partition coefficient (Wildman–Crippen LogP) is 2.11. The fourth-order valence-corrected chi connectivity index (χ4v) is 3.10. The van der Waals surface area contributed by atoms with E-state index in [1.54, 1.807) is 0 Å². The Morgan fingerprint density at radius 2 is 2.38 bits per heavy atom. The van der Waals surface area contributed by atoms with Gasteiger partial charge in [-0.3, -0.25) is 0 Å². The molecule has 1 N–H and O–H groups in total. The maximum atomic E-state index is 4.53. The molecule has 3 heteroatoms. The number of fused-ring (bicyclic) bond motifs is 1. The summed E-state index contributed by atoms with van der Waals surface area (Å²) in [5.74, 6) is 0. The van der Waals surface area contributed by atoms with E-state index in [-0.39, 0.29) is 0 Å². The summed E-state index contributed by atoms with van der Waals surface area (Å²) in [6.45, 7) is 5.61. The molecule has 1 saturated carbocycles. The number of imidazole rings is 1. The summed E-state index contributed by atoms with van der Waals surface area (Å²) in [7, 11) is 0. The monoisotopic (exact) mass is 219 g/mol. The first kappa shape index (κ1) is 10.3. The van der Waals surface area contributed by atoms with Gasteiger partial charge < -0.3 is 9.88 Å². The second-order valence-electron chi connectivity index (χ2n) is 5.40. The average Bonchev–Trinajstić information content (AvgIpc) is 2.67. The average molecular weight is 219 g/mol. The highest BCUT2D eigenvalue weighted by Gasteiger charge is 2.36. The summed E-state index contributed by atoms with van der Waals surface area (Å²) in [6, 6.07) is 0. The highest BCUT2D eigenvalue weighted by atomic mass is 15.1. The van der Waals surface area contributed by atoms with Crippen LogP contribution in [-0.2, 0) is 19.5 Å². The number of nitrogens with zero attached hydrogens (tertiary/aromatic N) is 2. The first-order chi connectivity index (χ1) is 7.83. The Morgan fingerprint density at radius 1 is 1.50 bits per heavy atom. The second kappa shape index (κ2) is 3.88. The second-order valence-corrected chi connectivity index (χ2v) is 5.40. The molecule has 3 rings (SSSR count). The van der Waals surface area contributed by atoms with E-state index in [1.165, 1.54) is 43.6 Å². The zero-order valence-electron chi connectivity index (χ0n) is 10.1. The Hall–Kier alpha value is -0.830. The van der Waals surface area contributed by atoms with Gasteiger partial charge in [-0.15, -0.1) is 0 Å². The molecule has 1 aliphatic carbocycles. The lowest BCUT2D eigenvalue weighted by molar-refractivity contribution is 0.0990. The van der Waals surface area contributed by atoms with E-state index in [4.69, 9.17) is 0 Å². The molecule has 0 atom stereocenters. The molecule has 0 spiro atoms. The van der Waals surface area contributed by atoms with Crippen molar-refractivity contribution in [1.82, 2.24) is 14.9 Å². The Labute approximate surface area is 97.3 Å². The molecule has 0 saturated heterocycles. The first-order valence-electron chi connectivity index (χ1n) is 6.57. The van der Waals surface area contributed by atoms with Crippen LogP contribution in [0.5, 0.6) is 0 Å². The molecule has 1 aromatic heterocycles. The maximum absolute atomic E-state index is 4.53. The standard InChI is InChI=1S/C13H21N3/c1-2-13(5-3-6-13)9-16-10-15-11-8-14-7-4-12(11)16/h10,14H,2-9H2,1H3. The number of nitrogens with one attached hydrogen (secondary N) is 1. The molecule has 0 amide bonds. The van der Waals surface area contributed by atoms with E-state index in [1.807, 2.05) is 0 Å². The highest BCUT2D eigenvalue weighted by Crippen LogP contribution is 2.45. The van der Waals surface area contributed by atoms with Gasteiger partial charge in [0.05, 0.1) is 12.0 Å². The van der Waals surface area contributed by atoms with E-state index < -0.39 is 0 Å². The smallest absolute Gasteiger partial charge is 0.0952 e. The molecule has 2 heterocycles. The van der Waals surface area contributed by atoms with Crippen molar-refractivity contribution in [2.45, 2.75) is 52.1 Å². The van der Waals surface area contributed by atoms with Crippen LogP contribution in [0.1, 0.15) is 44.0 Å². The van der Waals surface area contributed by atoms with Gasteiger partial charge in [0.25, 0.3) is 0 Å². The first-order valence-corrected chi connectivity index (χ1v) is 6.57. The minimum Gasteiger partial charge on any atom is -0.334 e. The molecular formula is C13H21N3. The van der Waals surface area contributed by atoms with Gasteiger partial charge >= 0.3 is 0 Å². The van der Waals surface area contributed by atoms with Crippen LogP contribution >= 0.6 is 0 Å². The maximum Gasteiger partial charge on any atom is 0.0952 e. The zero-order valence-corrected chi connectivity index (χ0v) is 10.1. The highest BCUT2D eigenvalue weighted by molar-refractivity contribution is 5.16. The van der Waals surface area contributed by atoms with Gasteiger partial charge in [-0.2, -0.15) is 0 Å². The van der Waals surface area contributed by atoms with Crippen molar-refractivity contribution < 1.29 is 0 Å². The van der Waals surface area contributed by atoms with Crippen LogP contribution in [0.15, 0.2) is 6.33 Å². The van der Waals surface area contributed by atoms with Gasteiger partial charge in [-0.05, 0) is 24.7 Å². The van der Waals surface area contributed by atoms with Gasteiger partial charge in [0.1, 0.15) is 0 Å². The van der Waals surface area contributed by atoms with Crippen molar-refractivity contribution in [2.24, 2.45) is 5.41 Å². The fourth-order valence-electron chi connectivity index (χ4n) is 3.10. The van der Waals surface area contributed by atoms with Gasteiger partial charge in [0.15, 0.2) is 0 Å². The summed E-state index contributed by atoms with van der Waals surface area (Å²) in [5.41, 5.74) is 3.36. The summed E-state index contributed by atoms with van der Waals surface area (Å²) in [4.78, 5) is 4.53. The number of rotatable bonds is 3. The third-order valence-corrected chi connectivity index (χ3v) is 4.53. The van der Waals surface area contributed by atoms with E-state index in [9.17, 15) is 0 Å².